The molecule has 0 aromatic carbocycles. The highest BCUT2D eigenvalue weighted by atomic mass is 32.2. The van der Waals surface area contributed by atoms with Gasteiger partial charge in [0.15, 0.2) is 0 Å². The first-order valence-corrected chi connectivity index (χ1v) is 10.4. The minimum absolute atomic E-state index is 0.468. The third-order valence-corrected chi connectivity index (χ3v) is 7.35. The van der Waals surface area contributed by atoms with Gasteiger partial charge in [-0.05, 0) is 37.9 Å². The molecule has 3 heterocycles. The van der Waals surface area contributed by atoms with Crippen LogP contribution in [-0.2, 0) is 17.0 Å². The highest BCUT2D eigenvalue weighted by molar-refractivity contribution is 7.86. The van der Waals surface area contributed by atoms with Crippen LogP contribution in [0.3, 0.4) is 0 Å². The average Bonchev–Trinajstić information content (AvgIpc) is 3.01. The molecule has 25 heavy (non-hydrogen) atoms. The minimum atomic E-state index is -4.27. The molecule has 140 valence electrons. The zero-order chi connectivity index (χ0) is 17.9. The van der Waals surface area contributed by atoms with E-state index in [2.05, 4.69) is 9.88 Å². The van der Waals surface area contributed by atoms with E-state index in [0.717, 1.165) is 29.8 Å². The second kappa shape index (κ2) is 7.74. The molecule has 1 spiro atoms. The molecule has 7 heteroatoms. The van der Waals surface area contributed by atoms with E-state index in [0.29, 0.717) is 5.41 Å². The lowest BCUT2D eigenvalue weighted by Gasteiger charge is -2.39. The first-order chi connectivity index (χ1) is 11.9. The quantitative estimate of drug-likeness (QED) is 0.748. The fourth-order valence-electron chi connectivity index (χ4n) is 4.13. The van der Waals surface area contributed by atoms with E-state index in [4.69, 9.17) is 0 Å². The predicted octanol–water partition coefficient (Wildman–Crippen LogP) is 3.87. The smallest absolute Gasteiger partial charge is 0.300 e. The fraction of sp³-hybridized carbons (Fsp3) is 0.722. The summed E-state index contributed by atoms with van der Waals surface area (Å²) in [4.78, 5) is 6.04. The molecule has 2 saturated heterocycles. The molecule has 1 aromatic heterocycles. The zero-order valence-electron chi connectivity index (χ0n) is 14.3. The van der Waals surface area contributed by atoms with E-state index >= 15 is 0 Å². The second-order valence-electron chi connectivity index (χ2n) is 7.48. The summed E-state index contributed by atoms with van der Waals surface area (Å²) in [5, 5.41) is 0. The lowest BCUT2D eigenvalue weighted by Crippen LogP contribution is -2.48. The van der Waals surface area contributed by atoms with Crippen molar-refractivity contribution in [1.29, 1.82) is 0 Å². The summed E-state index contributed by atoms with van der Waals surface area (Å²) in [7, 11) is -0.468. The van der Waals surface area contributed by atoms with Crippen molar-refractivity contribution >= 4 is 10.8 Å². The number of likely N-dealkylation sites (tertiary alicyclic amines) is 1. The number of pyridine rings is 1. The van der Waals surface area contributed by atoms with Crippen LogP contribution >= 0.6 is 0 Å². The number of nitrogens with zero attached hydrogens (tertiary/aromatic N) is 2. The summed E-state index contributed by atoms with van der Waals surface area (Å²) in [6.45, 7) is 2.53. The van der Waals surface area contributed by atoms with Crippen LogP contribution in [0.2, 0.25) is 0 Å². The first kappa shape index (κ1) is 18.8. The molecule has 1 aromatic rings. The molecule has 3 aliphatic rings. The van der Waals surface area contributed by atoms with Crippen molar-refractivity contribution in [3.05, 3.63) is 30.1 Å². The summed E-state index contributed by atoms with van der Waals surface area (Å²) < 4.78 is 46.5. The van der Waals surface area contributed by atoms with Crippen LogP contribution in [0, 0.1) is 5.41 Å². The maximum atomic E-state index is 11.7. The van der Waals surface area contributed by atoms with Crippen molar-refractivity contribution in [2.45, 2.75) is 50.7 Å². The van der Waals surface area contributed by atoms with Gasteiger partial charge in [0.25, 0.3) is 0 Å². The standard InChI is InChI=1S/C12H21NOS.C6H4F3N/c14-15-9-12(10-15)6-7-13(8-12)11-4-2-1-3-5-11;7-6(8,9)5-2-1-3-10-4-5/h11H,1-10H2;1-4H. The number of hydrogen-bond donors (Lipinski definition) is 0. The zero-order valence-corrected chi connectivity index (χ0v) is 15.1. The summed E-state index contributed by atoms with van der Waals surface area (Å²) in [6.07, 6.45) is 6.27. The number of aromatic nitrogens is 1. The second-order valence-corrected chi connectivity index (χ2v) is 8.94. The summed E-state index contributed by atoms with van der Waals surface area (Å²) in [5.41, 5.74) is -0.225. The molecule has 4 rings (SSSR count). The molecular formula is C18H25F3N2OS. The van der Waals surface area contributed by atoms with Crippen LogP contribution in [0.1, 0.15) is 44.1 Å². The monoisotopic (exact) mass is 374 g/mol. The predicted molar refractivity (Wildman–Crippen MR) is 92.6 cm³/mol. The van der Waals surface area contributed by atoms with Crippen LogP contribution in [0.4, 0.5) is 13.2 Å². The van der Waals surface area contributed by atoms with Crippen molar-refractivity contribution in [1.82, 2.24) is 9.88 Å². The maximum Gasteiger partial charge on any atom is 0.417 e. The Morgan fingerprint density at radius 3 is 2.44 bits per heavy atom. The Kier molecular flexibility index (Phi) is 5.83. The summed E-state index contributed by atoms with van der Waals surface area (Å²) in [6, 6.07) is 3.10. The van der Waals surface area contributed by atoms with Gasteiger partial charge in [0.1, 0.15) is 0 Å². The Morgan fingerprint density at radius 2 is 1.92 bits per heavy atom. The average molecular weight is 374 g/mol. The van der Waals surface area contributed by atoms with E-state index in [9.17, 15) is 17.4 Å². The van der Waals surface area contributed by atoms with Crippen LogP contribution in [0.15, 0.2) is 24.5 Å². The van der Waals surface area contributed by atoms with Crippen molar-refractivity contribution in [2.75, 3.05) is 24.6 Å². The molecule has 0 unspecified atom stereocenters. The Balaban J connectivity index is 0.000000160. The lowest BCUT2D eigenvalue weighted by molar-refractivity contribution is -0.137. The van der Waals surface area contributed by atoms with E-state index in [1.165, 1.54) is 63.9 Å². The number of halogens is 3. The number of alkyl halides is 3. The largest absolute Gasteiger partial charge is 0.417 e. The van der Waals surface area contributed by atoms with Crippen LogP contribution in [-0.4, -0.2) is 44.7 Å². The van der Waals surface area contributed by atoms with Gasteiger partial charge in [0.2, 0.25) is 0 Å². The van der Waals surface area contributed by atoms with Gasteiger partial charge in [0.05, 0.1) is 5.56 Å². The van der Waals surface area contributed by atoms with Gasteiger partial charge >= 0.3 is 6.18 Å². The summed E-state index contributed by atoms with van der Waals surface area (Å²) in [5.74, 6) is 1.99. The highest BCUT2D eigenvalue weighted by Crippen LogP contribution is 2.41. The lowest BCUT2D eigenvalue weighted by atomic mass is 9.90. The van der Waals surface area contributed by atoms with Gasteiger partial charge in [-0.25, -0.2) is 0 Å². The molecule has 0 bridgehead atoms. The molecule has 0 amide bonds. The van der Waals surface area contributed by atoms with Gasteiger partial charge in [-0.2, -0.15) is 13.2 Å². The SMILES string of the molecule is FC(F)(F)c1cccnc1.O=S1CC2(CCN(C3CCCCC3)C2)C1. The molecular weight excluding hydrogens is 349 g/mol. The van der Waals surface area contributed by atoms with E-state index in [1.54, 1.807) is 0 Å². The van der Waals surface area contributed by atoms with Gasteiger partial charge in [-0.3, -0.25) is 14.1 Å². The molecule has 0 atom stereocenters. The number of hydrogen-bond acceptors (Lipinski definition) is 3. The van der Waals surface area contributed by atoms with Gasteiger partial charge in [-0.15, -0.1) is 0 Å². The molecule has 1 saturated carbocycles. The molecule has 2 aliphatic heterocycles. The molecule has 0 radical (unpaired) electrons. The Hall–Kier alpha value is -0.950. The van der Waals surface area contributed by atoms with E-state index in [-0.39, 0.29) is 0 Å². The highest BCUT2D eigenvalue weighted by Gasteiger charge is 2.48. The van der Waals surface area contributed by atoms with Crippen LogP contribution < -0.4 is 0 Å². The Labute approximate surface area is 149 Å². The fourth-order valence-corrected chi connectivity index (χ4v) is 5.89. The van der Waals surface area contributed by atoms with Gasteiger partial charge in [0, 0.05) is 52.7 Å². The number of rotatable bonds is 1. The Morgan fingerprint density at radius 1 is 1.20 bits per heavy atom. The normalized spacial score (nSPS) is 30.6. The molecule has 3 fully saturated rings. The van der Waals surface area contributed by atoms with E-state index in [1.807, 2.05) is 0 Å². The first-order valence-electron chi connectivity index (χ1n) is 8.94. The topological polar surface area (TPSA) is 33.2 Å². The van der Waals surface area contributed by atoms with Crippen LogP contribution in [0.25, 0.3) is 0 Å². The molecule has 0 N–H and O–H groups in total. The minimum Gasteiger partial charge on any atom is -0.300 e. The van der Waals surface area contributed by atoms with Crippen molar-refractivity contribution < 1.29 is 17.4 Å². The third kappa shape index (κ3) is 4.82. The van der Waals surface area contributed by atoms with Crippen molar-refractivity contribution in [3.8, 4) is 0 Å². The maximum absolute atomic E-state index is 11.7. The molecule has 1 aliphatic carbocycles. The van der Waals surface area contributed by atoms with Crippen molar-refractivity contribution in [3.63, 3.8) is 0 Å². The third-order valence-electron chi connectivity index (χ3n) is 5.48. The molecule has 3 nitrogen and oxygen atoms in total. The Bertz CT molecular complexity index is 580. The van der Waals surface area contributed by atoms with E-state index < -0.39 is 22.5 Å². The van der Waals surface area contributed by atoms with Gasteiger partial charge < -0.3 is 0 Å². The summed E-state index contributed by atoms with van der Waals surface area (Å²) >= 11 is 0. The van der Waals surface area contributed by atoms with Crippen LogP contribution in [0.5, 0.6) is 0 Å². The van der Waals surface area contributed by atoms with Gasteiger partial charge in [-0.1, -0.05) is 19.3 Å². The van der Waals surface area contributed by atoms with Crippen molar-refractivity contribution in [2.24, 2.45) is 5.41 Å².